The van der Waals surface area contributed by atoms with Crippen molar-refractivity contribution in [1.82, 2.24) is 0 Å². The van der Waals surface area contributed by atoms with Gasteiger partial charge in [0.15, 0.2) is 0 Å². The molecule has 1 rings (SSSR count). The summed E-state index contributed by atoms with van der Waals surface area (Å²) in [5.41, 5.74) is 0.531. The molecule has 106 valence electrons. The van der Waals surface area contributed by atoms with Crippen molar-refractivity contribution in [1.29, 1.82) is 0 Å². The van der Waals surface area contributed by atoms with E-state index in [1.54, 1.807) is 12.1 Å². The van der Waals surface area contributed by atoms with Gasteiger partial charge in [0.1, 0.15) is 5.75 Å². The normalized spacial score (nSPS) is 10.2. The maximum Gasteiger partial charge on any atom is 0.337 e. The van der Waals surface area contributed by atoms with Crippen LogP contribution in [-0.4, -0.2) is 19.7 Å². The maximum atomic E-state index is 11.4. The lowest BCUT2D eigenvalue weighted by Crippen LogP contribution is -2.02. The molecule has 0 spiro atoms. The van der Waals surface area contributed by atoms with E-state index in [2.05, 4.69) is 11.7 Å². The molecule has 0 unspecified atom stereocenters. The Labute approximate surface area is 115 Å². The molecule has 0 aliphatic heterocycles. The molecule has 0 aliphatic rings. The summed E-state index contributed by atoms with van der Waals surface area (Å²) in [5.74, 6) is 0.404. The zero-order chi connectivity index (χ0) is 13.9. The fraction of sp³-hybridized carbons (Fsp3) is 0.562. The van der Waals surface area contributed by atoms with E-state index in [0.717, 1.165) is 12.2 Å². The van der Waals surface area contributed by atoms with Crippen molar-refractivity contribution in [2.45, 2.75) is 45.4 Å². The first kappa shape index (κ1) is 15.5. The van der Waals surface area contributed by atoms with Crippen molar-refractivity contribution in [3.63, 3.8) is 0 Å². The number of ether oxygens (including phenoxy) is 2. The largest absolute Gasteiger partial charge is 0.494 e. The average Bonchev–Trinajstić information content (AvgIpc) is 2.46. The first-order valence-corrected chi connectivity index (χ1v) is 7.09. The lowest BCUT2D eigenvalue weighted by molar-refractivity contribution is 0.0600. The van der Waals surface area contributed by atoms with E-state index in [1.165, 1.54) is 39.2 Å². The minimum atomic E-state index is -0.329. The minimum absolute atomic E-state index is 0.329. The number of hydrogen-bond donors (Lipinski definition) is 0. The molecule has 1 aromatic rings. The van der Waals surface area contributed by atoms with Crippen molar-refractivity contribution in [3.05, 3.63) is 29.8 Å². The third kappa shape index (κ3) is 6.27. The molecular formula is C16H24O3. The van der Waals surface area contributed by atoms with Crippen LogP contribution in [0.15, 0.2) is 24.3 Å². The maximum absolute atomic E-state index is 11.4. The lowest BCUT2D eigenvalue weighted by Gasteiger charge is -2.07. The Morgan fingerprint density at radius 3 is 2.58 bits per heavy atom. The summed E-state index contributed by atoms with van der Waals surface area (Å²) in [6, 6.07) is 7.12. The molecule has 0 N–H and O–H groups in total. The van der Waals surface area contributed by atoms with E-state index < -0.39 is 0 Å². The van der Waals surface area contributed by atoms with Gasteiger partial charge in [-0.2, -0.15) is 0 Å². The van der Waals surface area contributed by atoms with Crippen LogP contribution < -0.4 is 4.74 Å². The van der Waals surface area contributed by atoms with E-state index in [0.29, 0.717) is 12.2 Å². The molecule has 19 heavy (non-hydrogen) atoms. The van der Waals surface area contributed by atoms with Gasteiger partial charge < -0.3 is 9.47 Å². The smallest absolute Gasteiger partial charge is 0.337 e. The molecule has 0 amide bonds. The monoisotopic (exact) mass is 264 g/mol. The van der Waals surface area contributed by atoms with Gasteiger partial charge in [-0.15, -0.1) is 0 Å². The summed E-state index contributed by atoms with van der Waals surface area (Å²) in [7, 11) is 1.38. The summed E-state index contributed by atoms with van der Waals surface area (Å²) in [5, 5.41) is 0. The van der Waals surface area contributed by atoms with Gasteiger partial charge in [-0.25, -0.2) is 4.79 Å². The van der Waals surface area contributed by atoms with Gasteiger partial charge in [0, 0.05) is 0 Å². The summed E-state index contributed by atoms with van der Waals surface area (Å²) in [4.78, 5) is 11.4. The molecule has 0 saturated carbocycles. The highest BCUT2D eigenvalue weighted by atomic mass is 16.5. The van der Waals surface area contributed by atoms with Crippen LogP contribution in [0.25, 0.3) is 0 Å². The van der Waals surface area contributed by atoms with Gasteiger partial charge in [0.25, 0.3) is 0 Å². The van der Waals surface area contributed by atoms with Crippen molar-refractivity contribution in [3.8, 4) is 5.75 Å². The number of carbonyl (C=O) groups excluding carboxylic acids is 1. The van der Waals surface area contributed by atoms with Crippen LogP contribution in [0.3, 0.4) is 0 Å². The Balaban J connectivity index is 2.24. The molecule has 0 aromatic heterocycles. The van der Waals surface area contributed by atoms with Gasteiger partial charge in [0.05, 0.1) is 19.3 Å². The topological polar surface area (TPSA) is 35.5 Å². The molecule has 0 saturated heterocycles. The fourth-order valence-corrected chi connectivity index (χ4v) is 1.90. The number of esters is 1. The zero-order valence-corrected chi connectivity index (χ0v) is 12.0. The number of unbranched alkanes of at least 4 members (excludes halogenated alkanes) is 5. The number of hydrogen-bond acceptors (Lipinski definition) is 3. The summed E-state index contributed by atoms with van der Waals surface area (Å²) >= 11 is 0. The van der Waals surface area contributed by atoms with E-state index in [9.17, 15) is 4.79 Å². The molecule has 3 nitrogen and oxygen atoms in total. The van der Waals surface area contributed by atoms with E-state index in [1.807, 2.05) is 12.1 Å². The average molecular weight is 264 g/mol. The van der Waals surface area contributed by atoms with E-state index >= 15 is 0 Å². The Kier molecular flexibility index (Phi) is 7.71. The van der Waals surface area contributed by atoms with Crippen molar-refractivity contribution < 1.29 is 14.3 Å². The second-order valence-corrected chi connectivity index (χ2v) is 4.64. The van der Waals surface area contributed by atoms with Crippen LogP contribution in [0, 0.1) is 0 Å². The van der Waals surface area contributed by atoms with Gasteiger partial charge in [-0.05, 0) is 24.6 Å². The highest BCUT2D eigenvalue weighted by Crippen LogP contribution is 2.15. The van der Waals surface area contributed by atoms with Gasteiger partial charge in [-0.3, -0.25) is 0 Å². The van der Waals surface area contributed by atoms with E-state index in [4.69, 9.17) is 4.74 Å². The second-order valence-electron chi connectivity index (χ2n) is 4.64. The zero-order valence-electron chi connectivity index (χ0n) is 12.0. The molecule has 0 heterocycles. The highest BCUT2D eigenvalue weighted by Gasteiger charge is 2.05. The number of benzene rings is 1. The molecule has 1 aromatic carbocycles. The predicted octanol–water partition coefficient (Wildman–Crippen LogP) is 4.21. The van der Waals surface area contributed by atoms with Crippen LogP contribution in [0.2, 0.25) is 0 Å². The summed E-state index contributed by atoms with van der Waals surface area (Å²) < 4.78 is 10.3. The quantitative estimate of drug-likeness (QED) is 0.495. The van der Waals surface area contributed by atoms with E-state index in [-0.39, 0.29) is 5.97 Å². The Bertz CT molecular complexity index is 374. The SMILES string of the molecule is CCCCCCCCOc1cccc(C(=O)OC)c1. The summed E-state index contributed by atoms with van der Waals surface area (Å²) in [6.45, 7) is 2.92. The van der Waals surface area contributed by atoms with Gasteiger partial charge >= 0.3 is 5.97 Å². The van der Waals surface area contributed by atoms with Crippen LogP contribution in [-0.2, 0) is 4.74 Å². The number of rotatable bonds is 9. The van der Waals surface area contributed by atoms with Crippen molar-refractivity contribution >= 4 is 5.97 Å². The van der Waals surface area contributed by atoms with Gasteiger partial charge in [-0.1, -0.05) is 45.1 Å². The van der Waals surface area contributed by atoms with Crippen LogP contribution in [0.5, 0.6) is 5.75 Å². The standard InChI is InChI=1S/C16H24O3/c1-3-4-5-6-7-8-12-19-15-11-9-10-14(13-15)16(17)18-2/h9-11,13H,3-8,12H2,1-2H3. The fourth-order valence-electron chi connectivity index (χ4n) is 1.90. The van der Waals surface area contributed by atoms with Crippen molar-refractivity contribution in [2.75, 3.05) is 13.7 Å². The highest BCUT2D eigenvalue weighted by molar-refractivity contribution is 5.89. The van der Waals surface area contributed by atoms with Crippen LogP contribution in [0.4, 0.5) is 0 Å². The Morgan fingerprint density at radius 1 is 1.11 bits per heavy atom. The molecule has 0 aliphatic carbocycles. The predicted molar refractivity (Wildman–Crippen MR) is 76.7 cm³/mol. The Hall–Kier alpha value is -1.51. The third-order valence-corrected chi connectivity index (χ3v) is 3.02. The molecule has 0 radical (unpaired) electrons. The summed E-state index contributed by atoms with van der Waals surface area (Å²) in [6.07, 6.45) is 7.45. The number of carbonyl (C=O) groups is 1. The first-order valence-electron chi connectivity index (χ1n) is 7.09. The molecule has 0 atom stereocenters. The minimum Gasteiger partial charge on any atom is -0.494 e. The van der Waals surface area contributed by atoms with Crippen LogP contribution in [0.1, 0.15) is 55.8 Å². The Morgan fingerprint density at radius 2 is 1.84 bits per heavy atom. The van der Waals surface area contributed by atoms with Crippen molar-refractivity contribution in [2.24, 2.45) is 0 Å². The van der Waals surface area contributed by atoms with Crippen LogP contribution >= 0.6 is 0 Å². The molecule has 0 fully saturated rings. The number of methoxy groups -OCH3 is 1. The van der Waals surface area contributed by atoms with Gasteiger partial charge in [0.2, 0.25) is 0 Å². The molecule has 0 bridgehead atoms. The first-order chi connectivity index (χ1) is 9.27. The lowest BCUT2D eigenvalue weighted by atomic mass is 10.1. The molecule has 3 heteroatoms. The third-order valence-electron chi connectivity index (χ3n) is 3.02. The molecular weight excluding hydrogens is 240 g/mol. The second kappa shape index (κ2) is 9.42.